The van der Waals surface area contributed by atoms with Gasteiger partial charge in [0, 0.05) is 72.7 Å². The van der Waals surface area contributed by atoms with Crippen LogP contribution >= 0.6 is 24.0 Å². The van der Waals surface area contributed by atoms with Crippen LogP contribution in [0.5, 0.6) is 0 Å². The molecule has 2 saturated heterocycles. The third-order valence-corrected chi connectivity index (χ3v) is 5.16. The topological polar surface area (TPSA) is 73.3 Å². The van der Waals surface area contributed by atoms with Gasteiger partial charge in [0.05, 0.1) is 12.1 Å². The van der Waals surface area contributed by atoms with E-state index in [4.69, 9.17) is 23.9 Å². The van der Waals surface area contributed by atoms with Crippen molar-refractivity contribution in [3.8, 4) is 0 Å². The van der Waals surface area contributed by atoms with Crippen molar-refractivity contribution in [2.24, 2.45) is 10.9 Å². The minimum atomic E-state index is -0.187. The lowest BCUT2D eigenvalue weighted by molar-refractivity contribution is -0.0828. The fourth-order valence-electron chi connectivity index (χ4n) is 3.28. The molecule has 0 bridgehead atoms. The van der Waals surface area contributed by atoms with Gasteiger partial charge >= 0.3 is 0 Å². The molecule has 0 unspecified atom stereocenters. The van der Waals surface area contributed by atoms with Crippen molar-refractivity contribution in [2.45, 2.75) is 44.6 Å². The number of halogens is 1. The van der Waals surface area contributed by atoms with Gasteiger partial charge in [0.15, 0.2) is 5.96 Å². The van der Waals surface area contributed by atoms with Crippen LogP contribution in [0, 0.1) is 5.92 Å². The second-order valence-corrected chi connectivity index (χ2v) is 7.11. The van der Waals surface area contributed by atoms with Gasteiger partial charge < -0.3 is 29.6 Å². The van der Waals surface area contributed by atoms with Gasteiger partial charge in [-0.05, 0) is 32.1 Å². The average Bonchev–Trinajstić information content (AvgIpc) is 2.70. The third-order valence-electron chi connectivity index (χ3n) is 5.16. The van der Waals surface area contributed by atoms with E-state index in [-0.39, 0.29) is 29.6 Å². The molecule has 160 valence electrons. The summed E-state index contributed by atoms with van der Waals surface area (Å²) in [4.78, 5) is 4.73. The number of nitrogens with one attached hydrogen (secondary N) is 2. The van der Waals surface area contributed by atoms with E-state index < -0.39 is 0 Å². The number of guanidine groups is 1. The second-order valence-electron chi connectivity index (χ2n) is 7.11. The van der Waals surface area contributed by atoms with Crippen LogP contribution in [0.1, 0.15) is 39.0 Å². The molecule has 0 aromatic carbocycles. The fraction of sp³-hybridized carbons (Fsp3) is 0.947. The largest absolute Gasteiger partial charge is 0.381 e. The van der Waals surface area contributed by atoms with Crippen molar-refractivity contribution in [3.05, 3.63) is 0 Å². The van der Waals surface area contributed by atoms with Crippen LogP contribution < -0.4 is 10.6 Å². The minimum Gasteiger partial charge on any atom is -0.381 e. The summed E-state index contributed by atoms with van der Waals surface area (Å²) in [6.45, 7) is 9.32. The predicted molar refractivity (Wildman–Crippen MR) is 118 cm³/mol. The molecule has 0 aromatic rings. The number of nitrogens with zero attached hydrogens (tertiary/aromatic N) is 1. The second kappa shape index (κ2) is 14.8. The highest BCUT2D eigenvalue weighted by Crippen LogP contribution is 2.24. The van der Waals surface area contributed by atoms with Crippen molar-refractivity contribution in [2.75, 3.05) is 66.4 Å². The third kappa shape index (κ3) is 9.74. The van der Waals surface area contributed by atoms with Gasteiger partial charge in [-0.15, -0.1) is 24.0 Å². The lowest BCUT2D eigenvalue weighted by Gasteiger charge is -2.34. The zero-order valence-corrected chi connectivity index (χ0v) is 19.3. The number of methoxy groups -OCH3 is 1. The number of hydrogen-bond donors (Lipinski definition) is 2. The summed E-state index contributed by atoms with van der Waals surface area (Å²) >= 11 is 0. The van der Waals surface area contributed by atoms with Crippen LogP contribution in [0.15, 0.2) is 4.99 Å². The number of rotatable bonds is 10. The highest BCUT2D eigenvalue weighted by molar-refractivity contribution is 14.0. The molecule has 0 amide bonds. The van der Waals surface area contributed by atoms with Crippen LogP contribution in [0.4, 0.5) is 0 Å². The molecule has 2 N–H and O–H groups in total. The number of hydrogen-bond acceptors (Lipinski definition) is 5. The first-order valence-electron chi connectivity index (χ1n) is 10.1. The first-order valence-corrected chi connectivity index (χ1v) is 10.1. The molecule has 0 atom stereocenters. The van der Waals surface area contributed by atoms with E-state index >= 15 is 0 Å². The Hall–Kier alpha value is -0.160. The van der Waals surface area contributed by atoms with Gasteiger partial charge in [-0.3, -0.25) is 4.99 Å². The quantitative estimate of drug-likeness (QED) is 0.208. The highest BCUT2D eigenvalue weighted by Gasteiger charge is 2.32. The Morgan fingerprint density at radius 2 is 1.81 bits per heavy atom. The van der Waals surface area contributed by atoms with Crippen LogP contribution in [0.25, 0.3) is 0 Å². The molecule has 2 fully saturated rings. The average molecular weight is 499 g/mol. The molecule has 2 heterocycles. The summed E-state index contributed by atoms with van der Waals surface area (Å²) in [5.41, 5.74) is -0.187. The Morgan fingerprint density at radius 1 is 1.11 bits per heavy atom. The Balaban J connectivity index is 0.00000364. The first kappa shape index (κ1) is 24.9. The van der Waals surface area contributed by atoms with E-state index in [0.717, 1.165) is 90.8 Å². The van der Waals surface area contributed by atoms with Crippen molar-refractivity contribution in [1.82, 2.24) is 10.6 Å². The molecule has 0 aliphatic carbocycles. The molecular weight excluding hydrogens is 461 g/mol. The van der Waals surface area contributed by atoms with E-state index in [1.807, 2.05) is 0 Å². The Kier molecular flexibility index (Phi) is 13.6. The molecule has 0 saturated carbocycles. The van der Waals surface area contributed by atoms with Crippen LogP contribution in [0.3, 0.4) is 0 Å². The van der Waals surface area contributed by atoms with Crippen molar-refractivity contribution in [3.63, 3.8) is 0 Å². The Labute approximate surface area is 181 Å². The van der Waals surface area contributed by atoms with Crippen LogP contribution in [0.2, 0.25) is 0 Å². The molecule has 0 radical (unpaired) electrons. The maximum Gasteiger partial charge on any atom is 0.191 e. The lowest BCUT2D eigenvalue weighted by atomic mass is 9.94. The van der Waals surface area contributed by atoms with Gasteiger partial charge in [-0.25, -0.2) is 0 Å². The van der Waals surface area contributed by atoms with Gasteiger partial charge in [0.25, 0.3) is 0 Å². The van der Waals surface area contributed by atoms with Crippen molar-refractivity contribution in [1.29, 1.82) is 0 Å². The fourth-order valence-corrected chi connectivity index (χ4v) is 3.28. The van der Waals surface area contributed by atoms with Crippen molar-refractivity contribution >= 4 is 29.9 Å². The SMILES string of the molecule is CCNC(=NCC1(OC)CCOCC1)NCCCOCC1CCOCC1.I. The summed E-state index contributed by atoms with van der Waals surface area (Å²) in [7, 11) is 1.77. The summed E-state index contributed by atoms with van der Waals surface area (Å²) in [6.07, 6.45) is 5.01. The van der Waals surface area contributed by atoms with Crippen LogP contribution in [-0.2, 0) is 18.9 Å². The van der Waals surface area contributed by atoms with Gasteiger partial charge in [-0.2, -0.15) is 0 Å². The molecule has 7 nitrogen and oxygen atoms in total. The number of ether oxygens (including phenoxy) is 4. The maximum absolute atomic E-state index is 5.81. The molecular formula is C19H38IN3O4. The summed E-state index contributed by atoms with van der Waals surface area (Å²) in [5, 5.41) is 6.70. The number of aliphatic imine (C=N–C) groups is 1. The lowest BCUT2D eigenvalue weighted by Crippen LogP contribution is -2.44. The van der Waals surface area contributed by atoms with E-state index in [1.165, 1.54) is 0 Å². The normalized spacial score (nSPS) is 20.7. The Bertz CT molecular complexity index is 400. The molecule has 8 heteroatoms. The summed E-state index contributed by atoms with van der Waals surface area (Å²) < 4.78 is 22.4. The predicted octanol–water partition coefficient (Wildman–Crippen LogP) is 2.19. The zero-order chi connectivity index (χ0) is 18.5. The van der Waals surface area contributed by atoms with E-state index in [1.54, 1.807) is 7.11 Å². The molecule has 2 rings (SSSR count). The zero-order valence-electron chi connectivity index (χ0n) is 17.0. The minimum absolute atomic E-state index is 0. The first-order chi connectivity index (χ1) is 12.8. The van der Waals surface area contributed by atoms with Gasteiger partial charge in [0.2, 0.25) is 0 Å². The van der Waals surface area contributed by atoms with E-state index in [9.17, 15) is 0 Å². The monoisotopic (exact) mass is 499 g/mol. The molecule has 0 aromatic heterocycles. The standard InChI is InChI=1S/C19H37N3O4.HI/c1-3-20-18(22-16-19(23-2)7-13-25-14-8-19)21-9-4-10-26-15-17-5-11-24-12-6-17;/h17H,3-16H2,1-2H3,(H2,20,21,22);1H. The smallest absolute Gasteiger partial charge is 0.191 e. The molecule has 2 aliphatic rings. The van der Waals surface area contributed by atoms with Crippen LogP contribution in [-0.4, -0.2) is 77.9 Å². The summed E-state index contributed by atoms with van der Waals surface area (Å²) in [5.74, 6) is 1.51. The van der Waals surface area contributed by atoms with Crippen molar-refractivity contribution < 1.29 is 18.9 Å². The molecule has 27 heavy (non-hydrogen) atoms. The van der Waals surface area contributed by atoms with E-state index in [0.29, 0.717) is 12.5 Å². The molecule has 2 aliphatic heterocycles. The van der Waals surface area contributed by atoms with E-state index in [2.05, 4.69) is 17.6 Å². The molecule has 0 spiro atoms. The maximum atomic E-state index is 5.81. The van der Waals surface area contributed by atoms with Gasteiger partial charge in [0.1, 0.15) is 0 Å². The Morgan fingerprint density at radius 3 is 2.48 bits per heavy atom. The summed E-state index contributed by atoms with van der Waals surface area (Å²) in [6, 6.07) is 0. The van der Waals surface area contributed by atoms with Gasteiger partial charge in [-0.1, -0.05) is 0 Å². The highest BCUT2D eigenvalue weighted by atomic mass is 127.